The zero-order valence-electron chi connectivity index (χ0n) is 30.6. The summed E-state index contributed by atoms with van der Waals surface area (Å²) in [4.78, 5) is 40.6. The van der Waals surface area contributed by atoms with Crippen LogP contribution in [-0.2, 0) is 50.3 Å². The van der Waals surface area contributed by atoms with Crippen molar-refractivity contribution in [2.45, 2.75) is 43.9 Å². The van der Waals surface area contributed by atoms with Crippen molar-refractivity contribution in [3.63, 3.8) is 0 Å². The van der Waals surface area contributed by atoms with Gasteiger partial charge in [-0.1, -0.05) is 115 Å². The smallest absolute Gasteiger partial charge is 0.453 e. The standard InChI is InChI=1S/C41H37O12P/c42-26-34(49-38(43)31-20-10-3-11-21-31)35-36(50-39(44)32-22-12-4-13-23-32)37(51-40(45)33-24-14-5-15-25-33)41(52-35)53-54(46,47-27-29-16-6-1-7-17-29)48-28-30-18-8-2-9-19-30/h1-25,34-37,41-42H,26-28H2/t34-,35+,36+,37-,41-/m1/s1/i26T2. The lowest BCUT2D eigenvalue weighted by atomic mass is 10.0. The predicted molar refractivity (Wildman–Crippen MR) is 194 cm³/mol. The maximum atomic E-state index is 14.6. The van der Waals surface area contributed by atoms with E-state index in [-0.39, 0.29) is 29.9 Å². The number of carbonyl (C=O) groups excluding carboxylic acids is 3. The zero-order valence-corrected chi connectivity index (χ0v) is 29.5. The normalized spacial score (nSPS) is 19.5. The average molecular weight is 757 g/mol. The minimum absolute atomic E-state index is 0.00874. The molecule has 1 heterocycles. The first-order valence-corrected chi connectivity index (χ1v) is 18.3. The Hall–Kier alpha value is -5.46. The summed E-state index contributed by atoms with van der Waals surface area (Å²) in [6, 6.07) is 40.3. The SMILES string of the molecule is [3H]C([3H])(O)[C@@H](OC(=O)c1ccccc1)[C@@H]1O[C@H](OP(=O)(OCc2ccccc2)OCc2ccccc2)[C@H](OC(=O)c2ccccc2)[C@H]1OC(=O)c1ccccc1. The van der Waals surface area contributed by atoms with E-state index in [4.69, 9.17) is 35.3 Å². The molecule has 13 heteroatoms. The lowest BCUT2D eigenvalue weighted by Gasteiger charge is -2.27. The van der Waals surface area contributed by atoms with Crippen LogP contribution in [0.2, 0.25) is 0 Å². The van der Waals surface area contributed by atoms with Gasteiger partial charge in [0.2, 0.25) is 6.29 Å². The maximum Gasteiger partial charge on any atom is 0.477 e. The van der Waals surface area contributed by atoms with Crippen molar-refractivity contribution in [2.75, 3.05) is 6.56 Å². The Bertz CT molecular complexity index is 2040. The molecule has 6 rings (SSSR count). The van der Waals surface area contributed by atoms with E-state index in [1.807, 2.05) is 0 Å². The van der Waals surface area contributed by atoms with Gasteiger partial charge in [-0.2, -0.15) is 0 Å². The molecule has 1 aliphatic rings. The number of rotatable bonds is 16. The van der Waals surface area contributed by atoms with Crippen LogP contribution in [0.3, 0.4) is 0 Å². The van der Waals surface area contributed by atoms with Crippen LogP contribution in [-0.4, -0.2) is 60.3 Å². The number of aliphatic hydroxyl groups is 1. The zero-order chi connectivity index (χ0) is 39.5. The van der Waals surface area contributed by atoms with Crippen LogP contribution in [0.1, 0.15) is 44.9 Å². The highest BCUT2D eigenvalue weighted by Gasteiger charge is 2.56. The second kappa shape index (κ2) is 18.5. The van der Waals surface area contributed by atoms with E-state index in [2.05, 4.69) is 0 Å². The summed E-state index contributed by atoms with van der Waals surface area (Å²) >= 11 is 0. The molecule has 5 atom stereocenters. The Kier molecular flexibility index (Phi) is 12.2. The summed E-state index contributed by atoms with van der Waals surface area (Å²) in [6.07, 6.45) is -9.93. The van der Waals surface area contributed by atoms with Gasteiger partial charge in [0.05, 0.1) is 39.2 Å². The largest absolute Gasteiger partial charge is 0.477 e. The molecule has 0 spiro atoms. The summed E-state index contributed by atoms with van der Waals surface area (Å²) in [6.45, 7) is -3.92. The highest BCUT2D eigenvalue weighted by atomic mass is 31.2. The van der Waals surface area contributed by atoms with Crippen LogP contribution < -0.4 is 0 Å². The predicted octanol–water partition coefficient (Wildman–Crippen LogP) is 6.94. The summed E-state index contributed by atoms with van der Waals surface area (Å²) in [5.41, 5.74) is 1.26. The van der Waals surface area contributed by atoms with E-state index in [9.17, 15) is 24.1 Å². The number of phosphoric ester groups is 1. The quantitative estimate of drug-likeness (QED) is 0.0631. The third-order valence-corrected chi connectivity index (χ3v) is 9.44. The Morgan fingerprint density at radius 2 is 1.00 bits per heavy atom. The molecule has 1 aliphatic heterocycles. The summed E-state index contributed by atoms with van der Waals surface area (Å²) < 4.78 is 72.1. The highest BCUT2D eigenvalue weighted by Crippen LogP contribution is 2.54. The van der Waals surface area contributed by atoms with Gasteiger partial charge in [-0.15, -0.1) is 0 Å². The molecule has 0 amide bonds. The van der Waals surface area contributed by atoms with E-state index in [0.717, 1.165) is 0 Å². The third-order valence-electron chi connectivity index (χ3n) is 8.08. The van der Waals surface area contributed by atoms with Gasteiger partial charge in [-0.05, 0) is 47.5 Å². The molecule has 278 valence electrons. The Morgan fingerprint density at radius 3 is 1.43 bits per heavy atom. The van der Waals surface area contributed by atoms with Crippen molar-refractivity contribution < 1.29 is 59.3 Å². The Balaban J connectivity index is 1.41. The van der Waals surface area contributed by atoms with Crippen molar-refractivity contribution in [3.8, 4) is 0 Å². The number of esters is 3. The van der Waals surface area contributed by atoms with E-state index < -0.39 is 63.0 Å². The molecule has 0 radical (unpaired) electrons. The Labute approximate surface area is 314 Å². The van der Waals surface area contributed by atoms with Crippen molar-refractivity contribution >= 4 is 25.7 Å². The van der Waals surface area contributed by atoms with Gasteiger partial charge in [-0.3, -0.25) is 13.6 Å². The van der Waals surface area contributed by atoms with Gasteiger partial charge >= 0.3 is 25.7 Å². The number of hydrogen-bond acceptors (Lipinski definition) is 12. The average Bonchev–Trinajstić information content (AvgIpc) is 3.53. The van der Waals surface area contributed by atoms with Gasteiger partial charge in [0.25, 0.3) is 0 Å². The second-order valence-corrected chi connectivity index (χ2v) is 13.5. The number of hydrogen-bond donors (Lipinski definition) is 1. The van der Waals surface area contributed by atoms with Crippen LogP contribution in [0.15, 0.2) is 152 Å². The fraction of sp³-hybridized carbons (Fsp3) is 0.195. The first kappa shape index (κ1) is 35.6. The Morgan fingerprint density at radius 1 is 0.611 bits per heavy atom. The molecule has 1 fully saturated rings. The lowest BCUT2D eigenvalue weighted by Crippen LogP contribution is -2.46. The van der Waals surface area contributed by atoms with Crippen LogP contribution in [0.25, 0.3) is 0 Å². The molecule has 1 saturated heterocycles. The number of ether oxygens (including phenoxy) is 4. The molecule has 5 aromatic carbocycles. The van der Waals surface area contributed by atoms with Crippen LogP contribution >= 0.6 is 7.82 Å². The van der Waals surface area contributed by atoms with Gasteiger partial charge in [-0.25, -0.2) is 18.9 Å². The molecule has 0 saturated carbocycles. The van der Waals surface area contributed by atoms with Crippen molar-refractivity contribution in [3.05, 3.63) is 179 Å². The van der Waals surface area contributed by atoms with E-state index >= 15 is 0 Å². The summed E-state index contributed by atoms with van der Waals surface area (Å²) in [5.74, 6) is -3.03. The van der Waals surface area contributed by atoms with Gasteiger partial charge in [0, 0.05) is 0 Å². The maximum absolute atomic E-state index is 14.6. The lowest BCUT2D eigenvalue weighted by molar-refractivity contribution is -0.150. The summed E-state index contributed by atoms with van der Waals surface area (Å²) in [5, 5.41) is 10.9. The van der Waals surface area contributed by atoms with E-state index in [1.54, 1.807) is 115 Å². The number of carbonyl (C=O) groups is 3. The first-order chi connectivity index (χ1) is 27.0. The van der Waals surface area contributed by atoms with E-state index in [1.165, 1.54) is 36.4 Å². The van der Waals surface area contributed by atoms with Crippen molar-refractivity contribution in [2.24, 2.45) is 0 Å². The topological polar surface area (TPSA) is 153 Å². The molecule has 5 aromatic rings. The first-order valence-electron chi connectivity index (χ1n) is 17.8. The van der Waals surface area contributed by atoms with E-state index in [0.29, 0.717) is 11.1 Å². The van der Waals surface area contributed by atoms with Gasteiger partial charge in [0.15, 0.2) is 18.3 Å². The van der Waals surface area contributed by atoms with Gasteiger partial charge in [0.1, 0.15) is 6.10 Å². The molecular formula is C41H37O12P. The number of benzene rings is 5. The van der Waals surface area contributed by atoms with Crippen LogP contribution in [0.5, 0.6) is 0 Å². The molecule has 54 heavy (non-hydrogen) atoms. The molecule has 0 aliphatic carbocycles. The third kappa shape index (κ3) is 10.1. The van der Waals surface area contributed by atoms with Crippen LogP contribution in [0.4, 0.5) is 0 Å². The molecular weight excluding hydrogens is 715 g/mol. The monoisotopic (exact) mass is 756 g/mol. The summed E-state index contributed by atoms with van der Waals surface area (Å²) in [7, 11) is -4.76. The fourth-order valence-electron chi connectivity index (χ4n) is 5.37. The minimum atomic E-state index is -4.76. The fourth-order valence-corrected chi connectivity index (χ4v) is 6.61. The van der Waals surface area contributed by atoms with Crippen LogP contribution in [0, 0.1) is 0 Å². The minimum Gasteiger partial charge on any atom is -0.453 e. The number of phosphoric acid groups is 1. The molecule has 0 bridgehead atoms. The molecule has 12 nitrogen and oxygen atoms in total. The second-order valence-electron chi connectivity index (χ2n) is 11.8. The molecule has 0 unspecified atom stereocenters. The van der Waals surface area contributed by atoms with Crippen molar-refractivity contribution in [1.82, 2.24) is 0 Å². The molecule has 1 N–H and O–H groups in total. The van der Waals surface area contributed by atoms with Crippen molar-refractivity contribution in [1.29, 1.82) is 0 Å². The van der Waals surface area contributed by atoms with Gasteiger partial charge < -0.3 is 24.1 Å². The highest BCUT2D eigenvalue weighted by molar-refractivity contribution is 7.48. The molecule has 0 aromatic heterocycles.